The molecule has 1 saturated heterocycles. The van der Waals surface area contributed by atoms with Gasteiger partial charge >= 0.3 is 0 Å². The van der Waals surface area contributed by atoms with E-state index in [4.69, 9.17) is 0 Å². The highest BCUT2D eigenvalue weighted by molar-refractivity contribution is 4.85. The molecule has 0 amide bonds. The summed E-state index contributed by atoms with van der Waals surface area (Å²) in [6.07, 6.45) is 2.56. The second-order valence-corrected chi connectivity index (χ2v) is 5.50. The van der Waals surface area contributed by atoms with Crippen molar-refractivity contribution in [2.75, 3.05) is 33.2 Å². The predicted molar refractivity (Wildman–Crippen MR) is 75.5 cm³/mol. The van der Waals surface area contributed by atoms with Gasteiger partial charge in [-0.05, 0) is 46.8 Å². The average Bonchev–Trinajstić information content (AvgIpc) is 2.49. The molecule has 1 aliphatic rings. The summed E-state index contributed by atoms with van der Waals surface area (Å²) >= 11 is 0. The molecule has 3 unspecified atom stereocenters. The highest BCUT2D eigenvalue weighted by atomic mass is 15.3. The molecule has 0 aromatic heterocycles. The fourth-order valence-electron chi connectivity index (χ4n) is 2.94. The highest BCUT2D eigenvalue weighted by Gasteiger charge is 2.28. The van der Waals surface area contributed by atoms with Crippen LogP contribution in [-0.4, -0.2) is 61.2 Å². The van der Waals surface area contributed by atoms with E-state index in [0.717, 1.165) is 12.6 Å². The first-order chi connectivity index (χ1) is 8.10. The molecule has 0 aromatic carbocycles. The van der Waals surface area contributed by atoms with Crippen LogP contribution in [0.1, 0.15) is 40.5 Å². The molecule has 3 heteroatoms. The summed E-state index contributed by atoms with van der Waals surface area (Å²) < 4.78 is 0. The van der Waals surface area contributed by atoms with Crippen LogP contribution in [0.5, 0.6) is 0 Å². The Hall–Kier alpha value is -0.120. The number of rotatable bonds is 5. The molecule has 1 fully saturated rings. The van der Waals surface area contributed by atoms with Crippen LogP contribution in [0.4, 0.5) is 0 Å². The summed E-state index contributed by atoms with van der Waals surface area (Å²) in [4.78, 5) is 5.20. The van der Waals surface area contributed by atoms with Gasteiger partial charge in [0.1, 0.15) is 0 Å². The van der Waals surface area contributed by atoms with Crippen molar-refractivity contribution in [2.45, 2.75) is 58.7 Å². The van der Waals surface area contributed by atoms with Crippen LogP contribution in [-0.2, 0) is 0 Å². The molecule has 1 heterocycles. The van der Waals surface area contributed by atoms with E-state index in [2.05, 4.69) is 49.9 Å². The maximum absolute atomic E-state index is 3.56. The zero-order chi connectivity index (χ0) is 12.8. The van der Waals surface area contributed by atoms with Crippen molar-refractivity contribution in [3.8, 4) is 0 Å². The van der Waals surface area contributed by atoms with Gasteiger partial charge in [0.25, 0.3) is 0 Å². The maximum atomic E-state index is 3.56. The molecule has 0 spiro atoms. The summed E-state index contributed by atoms with van der Waals surface area (Å²) in [5, 5.41) is 3.56. The average molecular weight is 241 g/mol. The molecule has 1 aliphatic heterocycles. The van der Waals surface area contributed by atoms with Crippen LogP contribution in [0.2, 0.25) is 0 Å². The van der Waals surface area contributed by atoms with E-state index in [-0.39, 0.29) is 0 Å². The molecular formula is C14H31N3. The summed E-state index contributed by atoms with van der Waals surface area (Å²) in [7, 11) is 2.25. The van der Waals surface area contributed by atoms with Gasteiger partial charge in [-0.2, -0.15) is 0 Å². The van der Waals surface area contributed by atoms with Crippen molar-refractivity contribution >= 4 is 0 Å². The molecule has 0 aromatic rings. The molecule has 0 saturated carbocycles. The first-order valence-electron chi connectivity index (χ1n) is 7.27. The first-order valence-corrected chi connectivity index (χ1v) is 7.27. The normalized spacial score (nSPS) is 27.7. The van der Waals surface area contributed by atoms with E-state index in [1.807, 2.05) is 0 Å². The van der Waals surface area contributed by atoms with E-state index >= 15 is 0 Å². The van der Waals surface area contributed by atoms with Crippen LogP contribution < -0.4 is 5.32 Å². The Morgan fingerprint density at radius 3 is 2.53 bits per heavy atom. The Balaban J connectivity index is 2.64. The lowest BCUT2D eigenvalue weighted by atomic mass is 10.1. The van der Waals surface area contributed by atoms with Crippen LogP contribution in [0.15, 0.2) is 0 Å². The number of likely N-dealkylation sites (N-methyl/N-ethyl adjacent to an activating group) is 2. The minimum Gasteiger partial charge on any atom is -0.313 e. The van der Waals surface area contributed by atoms with Crippen molar-refractivity contribution in [2.24, 2.45) is 0 Å². The highest BCUT2D eigenvalue weighted by Crippen LogP contribution is 2.17. The molecule has 1 N–H and O–H groups in total. The second-order valence-electron chi connectivity index (χ2n) is 5.50. The van der Waals surface area contributed by atoms with E-state index in [9.17, 15) is 0 Å². The minimum absolute atomic E-state index is 0.581. The molecule has 102 valence electrons. The number of nitrogens with zero attached hydrogens (tertiary/aromatic N) is 2. The van der Waals surface area contributed by atoms with Gasteiger partial charge in [-0.25, -0.2) is 0 Å². The lowest BCUT2D eigenvalue weighted by molar-refractivity contribution is 0.115. The molecule has 0 aliphatic carbocycles. The van der Waals surface area contributed by atoms with Gasteiger partial charge in [0.2, 0.25) is 0 Å². The summed E-state index contributed by atoms with van der Waals surface area (Å²) in [5.41, 5.74) is 0. The van der Waals surface area contributed by atoms with Crippen molar-refractivity contribution in [1.29, 1.82) is 0 Å². The van der Waals surface area contributed by atoms with Crippen molar-refractivity contribution in [3.63, 3.8) is 0 Å². The standard InChI is InChI=1S/C14H31N3/c1-6-14-11-16(5)9-8-10-17(14)13(4)12(3)15-7-2/h12-15H,6-11H2,1-5H3. The van der Waals surface area contributed by atoms with Gasteiger partial charge in [0.15, 0.2) is 0 Å². The lowest BCUT2D eigenvalue weighted by Crippen LogP contribution is -2.52. The number of hydrogen-bond donors (Lipinski definition) is 1. The molecule has 1 rings (SSSR count). The van der Waals surface area contributed by atoms with Crippen molar-refractivity contribution < 1.29 is 0 Å². The Kier molecular flexibility index (Phi) is 6.45. The monoisotopic (exact) mass is 241 g/mol. The van der Waals surface area contributed by atoms with Crippen LogP contribution in [0.3, 0.4) is 0 Å². The zero-order valence-corrected chi connectivity index (χ0v) is 12.4. The van der Waals surface area contributed by atoms with Gasteiger partial charge in [0, 0.05) is 31.2 Å². The van der Waals surface area contributed by atoms with Gasteiger partial charge in [-0.3, -0.25) is 4.90 Å². The summed E-state index contributed by atoms with van der Waals surface area (Å²) in [6, 6.07) is 1.93. The first kappa shape index (κ1) is 14.9. The molecule has 0 bridgehead atoms. The second kappa shape index (κ2) is 7.34. The van der Waals surface area contributed by atoms with E-state index in [1.165, 1.54) is 32.5 Å². The van der Waals surface area contributed by atoms with Gasteiger partial charge in [-0.1, -0.05) is 13.8 Å². The third-order valence-corrected chi connectivity index (χ3v) is 4.19. The maximum Gasteiger partial charge on any atom is 0.0223 e. The van der Waals surface area contributed by atoms with Crippen LogP contribution in [0.25, 0.3) is 0 Å². The van der Waals surface area contributed by atoms with Crippen molar-refractivity contribution in [3.05, 3.63) is 0 Å². The number of nitrogens with one attached hydrogen (secondary N) is 1. The molecular weight excluding hydrogens is 210 g/mol. The topological polar surface area (TPSA) is 18.5 Å². The Morgan fingerprint density at radius 2 is 1.94 bits per heavy atom. The predicted octanol–water partition coefficient (Wildman–Crippen LogP) is 1.79. The quantitative estimate of drug-likeness (QED) is 0.792. The Morgan fingerprint density at radius 1 is 1.24 bits per heavy atom. The fraction of sp³-hybridized carbons (Fsp3) is 1.00. The number of hydrogen-bond acceptors (Lipinski definition) is 3. The summed E-state index contributed by atoms with van der Waals surface area (Å²) in [6.45, 7) is 14.0. The van der Waals surface area contributed by atoms with Gasteiger partial charge in [0.05, 0.1) is 0 Å². The summed E-state index contributed by atoms with van der Waals surface area (Å²) in [5.74, 6) is 0. The Labute approximate surface area is 108 Å². The van der Waals surface area contributed by atoms with Crippen LogP contribution in [0, 0.1) is 0 Å². The molecule has 17 heavy (non-hydrogen) atoms. The Bertz CT molecular complexity index is 208. The lowest BCUT2D eigenvalue weighted by Gasteiger charge is -2.38. The largest absolute Gasteiger partial charge is 0.313 e. The zero-order valence-electron chi connectivity index (χ0n) is 12.4. The van der Waals surface area contributed by atoms with Gasteiger partial charge < -0.3 is 10.2 Å². The van der Waals surface area contributed by atoms with E-state index in [0.29, 0.717) is 12.1 Å². The fourth-order valence-corrected chi connectivity index (χ4v) is 2.94. The van der Waals surface area contributed by atoms with Gasteiger partial charge in [-0.15, -0.1) is 0 Å². The molecule has 3 nitrogen and oxygen atoms in total. The third-order valence-electron chi connectivity index (χ3n) is 4.19. The van der Waals surface area contributed by atoms with Crippen LogP contribution >= 0.6 is 0 Å². The molecule has 0 radical (unpaired) electrons. The minimum atomic E-state index is 0.581. The van der Waals surface area contributed by atoms with Crippen molar-refractivity contribution in [1.82, 2.24) is 15.1 Å². The van der Waals surface area contributed by atoms with E-state index in [1.54, 1.807) is 0 Å². The molecule has 3 atom stereocenters. The van der Waals surface area contributed by atoms with E-state index < -0.39 is 0 Å². The SMILES string of the molecule is CCNC(C)C(C)N1CCCN(C)CC1CC. The smallest absolute Gasteiger partial charge is 0.0223 e. The third kappa shape index (κ3) is 4.23.